The van der Waals surface area contributed by atoms with Crippen LogP contribution >= 0.6 is 27.5 Å². The summed E-state index contributed by atoms with van der Waals surface area (Å²) < 4.78 is 18.2. The highest BCUT2D eigenvalue weighted by atomic mass is 79.9. The summed E-state index contributed by atoms with van der Waals surface area (Å²) >= 11 is 8.83. The first kappa shape index (κ1) is 10.8. The molecule has 0 aliphatic heterocycles. The van der Waals surface area contributed by atoms with Crippen LogP contribution in [0.2, 0.25) is 5.02 Å². The quantitative estimate of drug-likeness (QED) is 0.598. The SMILES string of the molecule is Fc1cc(Cl)ccc1OCCCBr. The van der Waals surface area contributed by atoms with Gasteiger partial charge in [0.2, 0.25) is 0 Å². The average Bonchev–Trinajstić information content (AvgIpc) is 2.09. The van der Waals surface area contributed by atoms with E-state index in [0.717, 1.165) is 11.8 Å². The highest BCUT2D eigenvalue weighted by Gasteiger charge is 2.02. The van der Waals surface area contributed by atoms with Crippen molar-refractivity contribution < 1.29 is 9.13 Å². The van der Waals surface area contributed by atoms with Gasteiger partial charge in [-0.3, -0.25) is 0 Å². The van der Waals surface area contributed by atoms with Gasteiger partial charge in [-0.25, -0.2) is 4.39 Å². The Morgan fingerprint density at radius 3 is 2.85 bits per heavy atom. The van der Waals surface area contributed by atoms with Crippen LogP contribution < -0.4 is 4.74 Å². The summed E-state index contributed by atoms with van der Waals surface area (Å²) in [6, 6.07) is 4.38. The molecule has 1 nitrogen and oxygen atoms in total. The number of alkyl halides is 1. The van der Waals surface area contributed by atoms with E-state index in [9.17, 15) is 4.39 Å². The van der Waals surface area contributed by atoms with Crippen LogP contribution in [0, 0.1) is 5.82 Å². The Labute approximate surface area is 90.0 Å². The molecule has 0 saturated heterocycles. The van der Waals surface area contributed by atoms with Gasteiger partial charge in [-0.05, 0) is 24.6 Å². The van der Waals surface area contributed by atoms with Gasteiger partial charge in [-0.2, -0.15) is 0 Å². The Morgan fingerprint density at radius 1 is 1.46 bits per heavy atom. The fourth-order valence-electron chi connectivity index (χ4n) is 0.829. The summed E-state index contributed by atoms with van der Waals surface area (Å²) in [5.41, 5.74) is 0. The molecule has 0 aliphatic carbocycles. The van der Waals surface area contributed by atoms with E-state index in [1.54, 1.807) is 6.07 Å². The number of rotatable bonds is 4. The molecule has 72 valence electrons. The minimum Gasteiger partial charge on any atom is -0.490 e. The molecule has 0 spiro atoms. The average molecular weight is 268 g/mol. The van der Waals surface area contributed by atoms with Crippen molar-refractivity contribution in [3.63, 3.8) is 0 Å². The minimum atomic E-state index is -0.415. The second-order valence-electron chi connectivity index (χ2n) is 2.47. The molecule has 0 radical (unpaired) electrons. The predicted octanol–water partition coefficient (Wildman–Crippen LogP) is 3.64. The van der Waals surface area contributed by atoms with Gasteiger partial charge in [0.05, 0.1) is 6.61 Å². The summed E-state index contributed by atoms with van der Waals surface area (Å²) in [7, 11) is 0. The molecular formula is C9H9BrClFO. The lowest BCUT2D eigenvalue weighted by molar-refractivity contribution is 0.303. The van der Waals surface area contributed by atoms with Crippen molar-refractivity contribution in [2.75, 3.05) is 11.9 Å². The first-order valence-corrected chi connectivity index (χ1v) is 5.38. The molecule has 0 heterocycles. The third kappa shape index (κ3) is 3.53. The summed E-state index contributed by atoms with van der Waals surface area (Å²) in [5, 5.41) is 1.23. The summed E-state index contributed by atoms with van der Waals surface area (Å²) in [6.07, 6.45) is 0.849. The van der Waals surface area contributed by atoms with Crippen LogP contribution in [-0.4, -0.2) is 11.9 Å². The van der Waals surface area contributed by atoms with Crippen LogP contribution in [0.4, 0.5) is 4.39 Å². The van der Waals surface area contributed by atoms with Crippen LogP contribution in [-0.2, 0) is 0 Å². The lowest BCUT2D eigenvalue weighted by atomic mass is 10.3. The van der Waals surface area contributed by atoms with Gasteiger partial charge < -0.3 is 4.74 Å². The van der Waals surface area contributed by atoms with E-state index in [2.05, 4.69) is 15.9 Å². The van der Waals surface area contributed by atoms with Crippen molar-refractivity contribution in [2.45, 2.75) is 6.42 Å². The molecule has 0 atom stereocenters. The van der Waals surface area contributed by atoms with E-state index in [4.69, 9.17) is 16.3 Å². The van der Waals surface area contributed by atoms with E-state index in [-0.39, 0.29) is 5.75 Å². The molecule has 1 rings (SSSR count). The predicted molar refractivity (Wildman–Crippen MR) is 55.3 cm³/mol. The summed E-state index contributed by atoms with van der Waals surface area (Å²) in [5.74, 6) is -0.160. The zero-order valence-electron chi connectivity index (χ0n) is 6.90. The maximum atomic E-state index is 13.1. The first-order chi connectivity index (χ1) is 6.24. The van der Waals surface area contributed by atoms with Gasteiger partial charge in [0.1, 0.15) is 0 Å². The molecular weight excluding hydrogens is 258 g/mol. The van der Waals surface area contributed by atoms with E-state index in [0.29, 0.717) is 11.6 Å². The smallest absolute Gasteiger partial charge is 0.166 e. The Bertz CT molecular complexity index is 280. The van der Waals surface area contributed by atoms with Crippen LogP contribution in [0.25, 0.3) is 0 Å². The van der Waals surface area contributed by atoms with Gasteiger partial charge in [0.25, 0.3) is 0 Å². The van der Waals surface area contributed by atoms with Crippen molar-refractivity contribution in [3.8, 4) is 5.75 Å². The van der Waals surface area contributed by atoms with Gasteiger partial charge in [-0.1, -0.05) is 27.5 Å². The molecule has 4 heteroatoms. The van der Waals surface area contributed by atoms with Crippen LogP contribution in [0.1, 0.15) is 6.42 Å². The molecule has 0 amide bonds. The van der Waals surface area contributed by atoms with E-state index in [1.165, 1.54) is 12.1 Å². The lowest BCUT2D eigenvalue weighted by Crippen LogP contribution is -1.99. The molecule has 0 unspecified atom stereocenters. The number of hydrogen-bond donors (Lipinski definition) is 0. The third-order valence-electron chi connectivity index (χ3n) is 1.43. The largest absolute Gasteiger partial charge is 0.490 e. The number of ether oxygens (including phenoxy) is 1. The molecule has 0 saturated carbocycles. The molecule has 0 aliphatic rings. The highest BCUT2D eigenvalue weighted by molar-refractivity contribution is 9.09. The Hall–Kier alpha value is -0.280. The second-order valence-corrected chi connectivity index (χ2v) is 3.70. The van der Waals surface area contributed by atoms with E-state index < -0.39 is 5.82 Å². The third-order valence-corrected chi connectivity index (χ3v) is 2.23. The monoisotopic (exact) mass is 266 g/mol. The zero-order chi connectivity index (χ0) is 9.68. The topological polar surface area (TPSA) is 9.23 Å². The van der Waals surface area contributed by atoms with Crippen LogP contribution in [0.3, 0.4) is 0 Å². The van der Waals surface area contributed by atoms with E-state index >= 15 is 0 Å². The standard InChI is InChI=1S/C9H9BrClFO/c10-4-1-5-13-9-3-2-7(11)6-8(9)12/h2-3,6H,1,4-5H2. The van der Waals surface area contributed by atoms with Crippen molar-refractivity contribution in [2.24, 2.45) is 0 Å². The maximum Gasteiger partial charge on any atom is 0.166 e. The molecule has 0 bridgehead atoms. The molecule has 1 aromatic carbocycles. The van der Waals surface area contributed by atoms with E-state index in [1.807, 2.05) is 0 Å². The first-order valence-electron chi connectivity index (χ1n) is 3.88. The van der Waals surface area contributed by atoms with Gasteiger partial charge in [-0.15, -0.1) is 0 Å². The highest BCUT2D eigenvalue weighted by Crippen LogP contribution is 2.20. The summed E-state index contributed by atoms with van der Waals surface area (Å²) in [4.78, 5) is 0. The fraction of sp³-hybridized carbons (Fsp3) is 0.333. The van der Waals surface area contributed by atoms with Crippen molar-refractivity contribution >= 4 is 27.5 Å². The second kappa shape index (κ2) is 5.45. The molecule has 0 N–H and O–H groups in total. The van der Waals surface area contributed by atoms with Crippen LogP contribution in [0.5, 0.6) is 5.75 Å². The summed E-state index contributed by atoms with van der Waals surface area (Å²) in [6.45, 7) is 0.504. The molecule has 13 heavy (non-hydrogen) atoms. The normalized spacial score (nSPS) is 10.1. The number of hydrogen-bond acceptors (Lipinski definition) is 1. The maximum absolute atomic E-state index is 13.1. The fourth-order valence-corrected chi connectivity index (χ4v) is 1.22. The van der Waals surface area contributed by atoms with Crippen molar-refractivity contribution in [1.82, 2.24) is 0 Å². The molecule has 1 aromatic rings. The number of benzene rings is 1. The van der Waals surface area contributed by atoms with Gasteiger partial charge in [0, 0.05) is 10.4 Å². The lowest BCUT2D eigenvalue weighted by Gasteiger charge is -2.05. The number of halogens is 3. The van der Waals surface area contributed by atoms with Crippen LogP contribution in [0.15, 0.2) is 18.2 Å². The minimum absolute atomic E-state index is 0.255. The van der Waals surface area contributed by atoms with Gasteiger partial charge >= 0.3 is 0 Å². The zero-order valence-corrected chi connectivity index (χ0v) is 9.24. The van der Waals surface area contributed by atoms with Crippen molar-refractivity contribution in [3.05, 3.63) is 29.0 Å². The Morgan fingerprint density at radius 2 is 2.23 bits per heavy atom. The van der Waals surface area contributed by atoms with Crippen molar-refractivity contribution in [1.29, 1.82) is 0 Å². The molecule has 0 aromatic heterocycles. The molecule has 0 fully saturated rings. The van der Waals surface area contributed by atoms with Gasteiger partial charge in [0.15, 0.2) is 11.6 Å². The Balaban J connectivity index is 2.56. The Kier molecular flexibility index (Phi) is 4.53.